The van der Waals surface area contributed by atoms with Crippen molar-refractivity contribution >= 4 is 11.7 Å². The fourth-order valence-corrected chi connectivity index (χ4v) is 3.88. The van der Waals surface area contributed by atoms with Crippen LogP contribution >= 0.6 is 0 Å². The molecule has 31 heavy (non-hydrogen) atoms. The van der Waals surface area contributed by atoms with Crippen molar-refractivity contribution in [2.75, 3.05) is 13.6 Å². The van der Waals surface area contributed by atoms with E-state index in [1.165, 1.54) is 47.8 Å². The third-order valence-corrected chi connectivity index (χ3v) is 5.16. The lowest BCUT2D eigenvalue weighted by Gasteiger charge is -2.41. The van der Waals surface area contributed by atoms with Crippen molar-refractivity contribution in [1.29, 1.82) is 0 Å². The van der Waals surface area contributed by atoms with Crippen molar-refractivity contribution in [2.45, 2.75) is 39.5 Å². The van der Waals surface area contributed by atoms with Crippen LogP contribution in [-0.2, 0) is 6.18 Å². The summed E-state index contributed by atoms with van der Waals surface area (Å²) < 4.78 is 48.3. The van der Waals surface area contributed by atoms with Gasteiger partial charge in [0.2, 0.25) is 0 Å². The Morgan fingerprint density at radius 2 is 1.90 bits per heavy atom. The van der Waals surface area contributed by atoms with E-state index < -0.39 is 28.9 Å². The second-order valence-corrected chi connectivity index (χ2v) is 7.72. The molecule has 3 rings (SSSR count). The van der Waals surface area contributed by atoms with Gasteiger partial charge in [-0.25, -0.2) is 4.79 Å². The van der Waals surface area contributed by atoms with Gasteiger partial charge in [0, 0.05) is 31.4 Å². The van der Waals surface area contributed by atoms with Crippen LogP contribution in [-0.4, -0.2) is 34.7 Å². The highest BCUT2D eigenvalue weighted by molar-refractivity contribution is 5.84. The molecule has 0 radical (unpaired) electrons. The van der Waals surface area contributed by atoms with Crippen molar-refractivity contribution in [3.8, 4) is 5.75 Å². The fourth-order valence-electron chi connectivity index (χ4n) is 3.88. The standard InChI is InChI=1S/C22H24F3N3O3/c1-6-26-20(30)27(5)19-18(28-12-8-7-9-16(28)29)17-13(2)14(22(23,24)25)10-11-15(17)31-21(19,3)4/h7-12H,6H2,1-5H3,(H,26,30). The SMILES string of the molecule is CCNC(=O)N(C)C1=C(n2ccccc2=O)c2c(ccc(C(F)(F)F)c2C)OC1(C)C. The minimum atomic E-state index is -4.59. The molecular formula is C22H24F3N3O3. The first kappa shape index (κ1) is 22.5. The summed E-state index contributed by atoms with van der Waals surface area (Å²) in [5.74, 6) is 0.203. The van der Waals surface area contributed by atoms with E-state index in [0.29, 0.717) is 6.54 Å². The molecule has 0 saturated heterocycles. The number of carbonyl (C=O) groups excluding carboxylic acids is 1. The lowest BCUT2D eigenvalue weighted by molar-refractivity contribution is -0.138. The summed E-state index contributed by atoms with van der Waals surface area (Å²) in [7, 11) is 1.49. The van der Waals surface area contributed by atoms with Gasteiger partial charge < -0.3 is 10.1 Å². The second-order valence-electron chi connectivity index (χ2n) is 7.72. The fraction of sp³-hybridized carbons (Fsp3) is 0.364. The highest BCUT2D eigenvalue weighted by atomic mass is 19.4. The van der Waals surface area contributed by atoms with E-state index in [2.05, 4.69) is 5.32 Å². The number of fused-ring (bicyclic) bond motifs is 1. The molecule has 0 unspecified atom stereocenters. The third kappa shape index (κ3) is 3.92. The predicted molar refractivity (Wildman–Crippen MR) is 111 cm³/mol. The van der Waals surface area contributed by atoms with Crippen molar-refractivity contribution in [3.05, 3.63) is 69.3 Å². The molecule has 9 heteroatoms. The number of amides is 2. The molecule has 1 aromatic carbocycles. The van der Waals surface area contributed by atoms with Gasteiger partial charge in [0.15, 0.2) is 0 Å². The first-order chi connectivity index (χ1) is 14.4. The number of alkyl halides is 3. The maximum Gasteiger partial charge on any atom is 0.416 e. The number of benzene rings is 1. The summed E-state index contributed by atoms with van der Waals surface area (Å²) in [5, 5.41) is 2.67. The zero-order valence-corrected chi connectivity index (χ0v) is 17.9. The summed E-state index contributed by atoms with van der Waals surface area (Å²) in [4.78, 5) is 26.7. The van der Waals surface area contributed by atoms with Crippen LogP contribution in [0.4, 0.5) is 18.0 Å². The quantitative estimate of drug-likeness (QED) is 0.785. The first-order valence-corrected chi connectivity index (χ1v) is 9.74. The van der Waals surface area contributed by atoms with Crippen LogP contribution in [0.5, 0.6) is 5.75 Å². The predicted octanol–water partition coefficient (Wildman–Crippen LogP) is 4.22. The Bertz CT molecular complexity index is 1120. The topological polar surface area (TPSA) is 63.6 Å². The Labute approximate surface area is 177 Å². The summed E-state index contributed by atoms with van der Waals surface area (Å²) in [6.07, 6.45) is -3.13. The van der Waals surface area contributed by atoms with E-state index in [4.69, 9.17) is 4.74 Å². The van der Waals surface area contributed by atoms with Crippen LogP contribution in [0.15, 0.2) is 47.0 Å². The Morgan fingerprint density at radius 3 is 2.48 bits per heavy atom. The summed E-state index contributed by atoms with van der Waals surface area (Å²) in [5.41, 5.74) is -1.93. The van der Waals surface area contributed by atoms with Gasteiger partial charge in [0.05, 0.1) is 17.0 Å². The zero-order chi connectivity index (χ0) is 23.1. The third-order valence-electron chi connectivity index (χ3n) is 5.16. The first-order valence-electron chi connectivity index (χ1n) is 9.74. The summed E-state index contributed by atoms with van der Waals surface area (Å²) >= 11 is 0. The lowest BCUT2D eigenvalue weighted by Crippen LogP contribution is -2.48. The second kappa shape index (κ2) is 7.79. The van der Waals surface area contributed by atoms with Gasteiger partial charge in [-0.1, -0.05) is 6.07 Å². The van der Waals surface area contributed by atoms with E-state index in [0.717, 1.165) is 6.07 Å². The Hall–Kier alpha value is -3.23. The number of urea groups is 1. The van der Waals surface area contributed by atoms with Crippen LogP contribution in [0.1, 0.15) is 37.5 Å². The van der Waals surface area contributed by atoms with Crippen LogP contribution in [0.2, 0.25) is 0 Å². The van der Waals surface area contributed by atoms with Crippen LogP contribution in [0, 0.1) is 6.92 Å². The molecule has 2 heterocycles. The highest BCUT2D eigenvalue weighted by Gasteiger charge is 2.43. The molecule has 1 aromatic heterocycles. The number of hydrogen-bond acceptors (Lipinski definition) is 3. The highest BCUT2D eigenvalue weighted by Crippen LogP contribution is 2.46. The van der Waals surface area contributed by atoms with Crippen molar-refractivity contribution in [3.63, 3.8) is 0 Å². The molecule has 0 spiro atoms. The number of hydrogen-bond donors (Lipinski definition) is 1. The normalized spacial score (nSPS) is 15.2. The molecule has 166 valence electrons. The number of ether oxygens (including phenoxy) is 1. The molecule has 6 nitrogen and oxygen atoms in total. The van der Waals surface area contributed by atoms with Gasteiger partial charge in [0.1, 0.15) is 11.4 Å². The molecule has 1 N–H and O–H groups in total. The summed E-state index contributed by atoms with van der Waals surface area (Å²) in [6.45, 7) is 6.83. The van der Waals surface area contributed by atoms with E-state index in [1.807, 2.05) is 0 Å². The van der Waals surface area contributed by atoms with Crippen LogP contribution in [0.3, 0.4) is 0 Å². The number of aromatic nitrogens is 1. The molecular weight excluding hydrogens is 411 g/mol. The Morgan fingerprint density at radius 1 is 1.23 bits per heavy atom. The molecule has 1 aliphatic rings. The molecule has 0 fully saturated rings. The van der Waals surface area contributed by atoms with Gasteiger partial charge in [-0.15, -0.1) is 0 Å². The molecule has 0 atom stereocenters. The Balaban J connectivity index is 2.47. The molecule has 0 bridgehead atoms. The lowest BCUT2D eigenvalue weighted by atomic mass is 9.89. The van der Waals surface area contributed by atoms with Gasteiger partial charge in [-0.2, -0.15) is 13.2 Å². The van der Waals surface area contributed by atoms with E-state index >= 15 is 0 Å². The number of nitrogens with zero attached hydrogens (tertiary/aromatic N) is 2. The van der Waals surface area contributed by atoms with Crippen molar-refractivity contribution < 1.29 is 22.7 Å². The molecule has 2 aromatic rings. The van der Waals surface area contributed by atoms with E-state index in [-0.39, 0.29) is 28.3 Å². The van der Waals surface area contributed by atoms with E-state index in [1.54, 1.807) is 26.8 Å². The van der Waals surface area contributed by atoms with Gasteiger partial charge in [-0.05, 0) is 51.5 Å². The summed E-state index contributed by atoms with van der Waals surface area (Å²) in [6, 6.07) is 6.20. The van der Waals surface area contributed by atoms with Crippen molar-refractivity contribution in [2.24, 2.45) is 0 Å². The minimum absolute atomic E-state index is 0.0898. The largest absolute Gasteiger partial charge is 0.481 e. The monoisotopic (exact) mass is 435 g/mol. The number of pyridine rings is 1. The van der Waals surface area contributed by atoms with Crippen molar-refractivity contribution in [1.82, 2.24) is 14.8 Å². The molecule has 0 saturated carbocycles. The number of carbonyl (C=O) groups is 1. The maximum atomic E-state index is 13.7. The van der Waals surface area contributed by atoms with E-state index in [9.17, 15) is 22.8 Å². The molecule has 0 aliphatic carbocycles. The molecule has 1 aliphatic heterocycles. The maximum absolute atomic E-state index is 13.7. The number of halogens is 3. The minimum Gasteiger partial charge on any atom is -0.481 e. The number of nitrogens with one attached hydrogen (secondary N) is 1. The Kier molecular flexibility index (Phi) is 5.64. The van der Waals surface area contributed by atoms with Gasteiger partial charge >= 0.3 is 12.2 Å². The van der Waals surface area contributed by atoms with Crippen LogP contribution in [0.25, 0.3) is 5.70 Å². The zero-order valence-electron chi connectivity index (χ0n) is 17.9. The van der Waals surface area contributed by atoms with Gasteiger partial charge in [-0.3, -0.25) is 14.3 Å². The van der Waals surface area contributed by atoms with Crippen LogP contribution < -0.4 is 15.6 Å². The average molecular weight is 435 g/mol. The van der Waals surface area contributed by atoms with Gasteiger partial charge in [0.25, 0.3) is 5.56 Å². The number of rotatable bonds is 3. The average Bonchev–Trinajstić information content (AvgIpc) is 2.65. The number of likely N-dealkylation sites (N-methyl/N-ethyl adjacent to an activating group) is 1. The smallest absolute Gasteiger partial charge is 0.416 e. The molecule has 2 amide bonds.